The fourth-order valence-corrected chi connectivity index (χ4v) is 6.22. The van der Waals surface area contributed by atoms with Crippen molar-refractivity contribution in [2.24, 2.45) is 17.3 Å². The summed E-state index contributed by atoms with van der Waals surface area (Å²) in [6, 6.07) is 4.17. The predicted molar refractivity (Wildman–Crippen MR) is 104 cm³/mol. The van der Waals surface area contributed by atoms with Gasteiger partial charge in [0.2, 0.25) is 0 Å². The second-order valence-corrected chi connectivity index (χ2v) is 8.88. The van der Waals surface area contributed by atoms with Crippen LogP contribution in [0.2, 0.25) is 0 Å². The molecule has 4 heteroatoms. The van der Waals surface area contributed by atoms with E-state index in [0.717, 1.165) is 18.3 Å². The average Bonchev–Trinajstić information content (AvgIpc) is 3.08. The largest absolute Gasteiger partial charge is 0.490 e. The van der Waals surface area contributed by atoms with Crippen LogP contribution in [0.1, 0.15) is 72.9 Å². The van der Waals surface area contributed by atoms with Gasteiger partial charge in [-0.25, -0.2) is 4.79 Å². The van der Waals surface area contributed by atoms with Crippen LogP contribution in [0.25, 0.3) is 0 Å². The minimum absolute atomic E-state index is 0.311. The Bertz CT molecular complexity index is 713. The third kappa shape index (κ3) is 3.26. The van der Waals surface area contributed by atoms with Gasteiger partial charge in [0.1, 0.15) is 17.9 Å². The van der Waals surface area contributed by atoms with Gasteiger partial charge in [0.05, 0.1) is 13.7 Å². The number of carbonyl (C=O) groups excluding carboxylic acids is 1. The normalized spacial score (nSPS) is 31.6. The smallest absolute Gasteiger partial charge is 0.341 e. The number of fused-ring (bicyclic) bond motifs is 5. The fraction of sp³-hybridized carbons (Fsp3) is 0.696. The molecule has 0 aromatic heterocycles. The van der Waals surface area contributed by atoms with Gasteiger partial charge in [0.25, 0.3) is 0 Å². The van der Waals surface area contributed by atoms with Crippen LogP contribution in [0.3, 0.4) is 0 Å². The fourth-order valence-electron chi connectivity index (χ4n) is 6.22. The number of hydrogen-bond acceptors (Lipinski definition) is 4. The molecule has 4 nitrogen and oxygen atoms in total. The molecular formula is C23H32O4. The highest BCUT2D eigenvalue weighted by molar-refractivity contribution is 5.93. The molecule has 1 aromatic carbocycles. The summed E-state index contributed by atoms with van der Waals surface area (Å²) in [5, 5.41) is 0. The van der Waals surface area contributed by atoms with Crippen molar-refractivity contribution < 1.29 is 19.0 Å². The van der Waals surface area contributed by atoms with E-state index in [1.54, 1.807) is 7.11 Å². The minimum Gasteiger partial charge on any atom is -0.490 e. The molecule has 0 heterocycles. The third-order valence-electron chi connectivity index (χ3n) is 7.56. The summed E-state index contributed by atoms with van der Waals surface area (Å²) in [4.78, 5) is 12.4. The first-order chi connectivity index (χ1) is 13.1. The molecule has 3 aliphatic rings. The second kappa shape index (κ2) is 7.46. The lowest BCUT2D eigenvalue weighted by Gasteiger charge is -2.49. The van der Waals surface area contributed by atoms with Crippen molar-refractivity contribution in [1.82, 2.24) is 0 Å². The Morgan fingerprint density at radius 2 is 2.00 bits per heavy atom. The van der Waals surface area contributed by atoms with E-state index in [1.807, 2.05) is 0 Å². The van der Waals surface area contributed by atoms with Crippen molar-refractivity contribution >= 4 is 5.97 Å². The first-order valence-corrected chi connectivity index (χ1v) is 10.4. The predicted octanol–water partition coefficient (Wildman–Crippen LogP) is 4.74. The summed E-state index contributed by atoms with van der Waals surface area (Å²) >= 11 is 0. The van der Waals surface area contributed by atoms with E-state index >= 15 is 0 Å². The molecule has 4 rings (SSSR count). The lowest BCUT2D eigenvalue weighted by Crippen LogP contribution is -2.39. The highest BCUT2D eigenvalue weighted by atomic mass is 16.5. The van der Waals surface area contributed by atoms with Crippen LogP contribution in [0.5, 0.6) is 5.75 Å². The summed E-state index contributed by atoms with van der Waals surface area (Å²) in [7, 11) is 3.09. The van der Waals surface area contributed by atoms with Crippen LogP contribution in [-0.2, 0) is 15.9 Å². The minimum atomic E-state index is -0.311. The van der Waals surface area contributed by atoms with Crippen molar-refractivity contribution in [3.63, 3.8) is 0 Å². The highest BCUT2D eigenvalue weighted by Gasteiger charge is 2.50. The Labute approximate surface area is 162 Å². The molecular weight excluding hydrogens is 340 g/mol. The van der Waals surface area contributed by atoms with Crippen molar-refractivity contribution in [1.29, 1.82) is 0 Å². The van der Waals surface area contributed by atoms with Crippen LogP contribution in [-0.4, -0.2) is 33.4 Å². The van der Waals surface area contributed by atoms with Crippen LogP contribution in [0.15, 0.2) is 12.1 Å². The van der Waals surface area contributed by atoms with E-state index in [1.165, 1.54) is 56.8 Å². The Balaban J connectivity index is 1.67. The molecule has 4 atom stereocenters. The van der Waals surface area contributed by atoms with E-state index in [9.17, 15) is 4.79 Å². The Morgan fingerprint density at radius 3 is 2.78 bits per heavy atom. The lowest BCUT2D eigenvalue weighted by molar-refractivity contribution is 0.0574. The third-order valence-corrected chi connectivity index (χ3v) is 7.56. The number of rotatable bonds is 5. The van der Waals surface area contributed by atoms with Crippen LogP contribution in [0.4, 0.5) is 0 Å². The summed E-state index contributed by atoms with van der Waals surface area (Å²) in [6.45, 7) is 3.46. The molecule has 1 aromatic rings. The zero-order valence-electron chi connectivity index (χ0n) is 16.9. The van der Waals surface area contributed by atoms with Crippen LogP contribution in [0, 0.1) is 17.3 Å². The van der Waals surface area contributed by atoms with Gasteiger partial charge < -0.3 is 14.2 Å². The first-order valence-electron chi connectivity index (χ1n) is 10.4. The first kappa shape index (κ1) is 18.8. The monoisotopic (exact) mass is 372 g/mol. The quantitative estimate of drug-likeness (QED) is 0.553. The van der Waals surface area contributed by atoms with Gasteiger partial charge in [-0.2, -0.15) is 0 Å². The van der Waals surface area contributed by atoms with Crippen molar-refractivity contribution in [2.75, 3.05) is 27.4 Å². The molecule has 0 saturated heterocycles. The zero-order chi connectivity index (χ0) is 19.0. The molecule has 27 heavy (non-hydrogen) atoms. The summed E-state index contributed by atoms with van der Waals surface area (Å²) in [6.07, 6.45) is 9.09. The van der Waals surface area contributed by atoms with Crippen molar-refractivity contribution in [3.05, 3.63) is 28.8 Å². The van der Waals surface area contributed by atoms with Crippen molar-refractivity contribution in [3.8, 4) is 5.75 Å². The van der Waals surface area contributed by atoms with Gasteiger partial charge in [-0.3, -0.25) is 0 Å². The molecule has 0 bridgehead atoms. The number of hydrogen-bond donors (Lipinski definition) is 0. The van der Waals surface area contributed by atoms with Crippen LogP contribution < -0.4 is 4.74 Å². The molecule has 2 fully saturated rings. The Morgan fingerprint density at radius 1 is 1.15 bits per heavy atom. The van der Waals surface area contributed by atoms with Gasteiger partial charge in [-0.1, -0.05) is 13.3 Å². The molecule has 0 N–H and O–H groups in total. The van der Waals surface area contributed by atoms with Gasteiger partial charge in [0.15, 0.2) is 0 Å². The molecule has 0 spiro atoms. The lowest BCUT2D eigenvalue weighted by atomic mass is 9.56. The van der Waals surface area contributed by atoms with E-state index in [2.05, 4.69) is 19.1 Å². The van der Waals surface area contributed by atoms with Crippen molar-refractivity contribution in [2.45, 2.75) is 57.8 Å². The number of ether oxygens (including phenoxy) is 3. The van der Waals surface area contributed by atoms with Gasteiger partial charge in [-0.15, -0.1) is 0 Å². The Kier molecular flexibility index (Phi) is 5.19. The van der Waals surface area contributed by atoms with E-state index in [0.29, 0.717) is 35.9 Å². The maximum absolute atomic E-state index is 12.4. The second-order valence-electron chi connectivity index (χ2n) is 8.88. The molecule has 148 valence electrons. The molecule has 0 amide bonds. The number of benzene rings is 1. The van der Waals surface area contributed by atoms with Gasteiger partial charge >= 0.3 is 5.97 Å². The maximum Gasteiger partial charge on any atom is 0.341 e. The van der Waals surface area contributed by atoms with Gasteiger partial charge in [-0.05, 0) is 85.0 Å². The molecule has 3 aliphatic carbocycles. The SMILES string of the molecule is COCCOc1cc2c(cc1C(=O)OC)[C@H]1CC[C@]3(C)CCC[C@H]3[C@@H]1CC2. The standard InChI is InChI=1S/C23H32O4/c1-23-9-4-5-20(23)17-7-6-15-13-21(27-12-11-25-2)19(22(24)26-3)14-18(15)16(17)8-10-23/h13-14,16-17,20H,4-12H2,1-3H3/t16-,17+,20-,23-/m0/s1. The number of esters is 1. The summed E-state index contributed by atoms with van der Waals surface area (Å²) < 4.78 is 16.0. The Hall–Kier alpha value is -1.55. The van der Waals surface area contributed by atoms with Gasteiger partial charge in [0, 0.05) is 7.11 Å². The highest BCUT2D eigenvalue weighted by Crippen LogP contribution is 2.61. The van der Waals surface area contributed by atoms with Crippen LogP contribution >= 0.6 is 0 Å². The average molecular weight is 373 g/mol. The summed E-state index contributed by atoms with van der Waals surface area (Å²) in [5.41, 5.74) is 3.85. The number of methoxy groups -OCH3 is 2. The topological polar surface area (TPSA) is 44.8 Å². The van der Waals surface area contributed by atoms with E-state index < -0.39 is 0 Å². The van der Waals surface area contributed by atoms with E-state index in [-0.39, 0.29) is 5.97 Å². The summed E-state index contributed by atoms with van der Waals surface area (Å²) in [5.74, 6) is 2.53. The number of aryl methyl sites for hydroxylation is 1. The number of carbonyl (C=O) groups is 1. The molecule has 0 radical (unpaired) electrons. The van der Waals surface area contributed by atoms with E-state index in [4.69, 9.17) is 14.2 Å². The maximum atomic E-state index is 12.4. The molecule has 0 unspecified atom stereocenters. The zero-order valence-corrected chi connectivity index (χ0v) is 16.9. The molecule has 0 aliphatic heterocycles. The molecule has 2 saturated carbocycles.